The zero-order valence-electron chi connectivity index (χ0n) is 12.2. The van der Waals surface area contributed by atoms with Gasteiger partial charge in [-0.2, -0.15) is 0 Å². The van der Waals surface area contributed by atoms with E-state index in [1.165, 1.54) is 25.7 Å². The van der Waals surface area contributed by atoms with Crippen LogP contribution < -0.4 is 4.90 Å². The van der Waals surface area contributed by atoms with E-state index in [1.54, 1.807) is 0 Å². The van der Waals surface area contributed by atoms with Crippen molar-refractivity contribution in [2.75, 3.05) is 18.0 Å². The van der Waals surface area contributed by atoms with Crippen molar-refractivity contribution in [2.45, 2.75) is 46.0 Å². The van der Waals surface area contributed by atoms with Crippen LogP contribution in [0.4, 0.5) is 5.69 Å². The van der Waals surface area contributed by atoms with Gasteiger partial charge in [0.1, 0.15) is 0 Å². The van der Waals surface area contributed by atoms with Gasteiger partial charge >= 0.3 is 0 Å². The maximum atomic E-state index is 11.9. The zero-order chi connectivity index (χ0) is 13.7. The van der Waals surface area contributed by atoms with E-state index >= 15 is 0 Å². The Morgan fingerprint density at radius 1 is 1.26 bits per heavy atom. The van der Waals surface area contributed by atoms with Crippen LogP contribution in [0, 0.1) is 5.92 Å². The second-order valence-electron chi connectivity index (χ2n) is 5.55. The van der Waals surface area contributed by atoms with Gasteiger partial charge in [-0.05, 0) is 24.5 Å². The van der Waals surface area contributed by atoms with Crippen LogP contribution in [0.5, 0.6) is 0 Å². The highest BCUT2D eigenvalue weighted by atomic mass is 16.1. The van der Waals surface area contributed by atoms with Gasteiger partial charge in [-0.25, -0.2) is 0 Å². The zero-order valence-corrected chi connectivity index (χ0v) is 12.2. The summed E-state index contributed by atoms with van der Waals surface area (Å²) in [6.07, 6.45) is 5.78. The average molecular weight is 259 g/mol. The highest BCUT2D eigenvalue weighted by molar-refractivity contribution is 6.03. The molecule has 0 saturated carbocycles. The summed E-state index contributed by atoms with van der Waals surface area (Å²) in [7, 11) is 0. The van der Waals surface area contributed by atoms with Crippen molar-refractivity contribution in [1.29, 1.82) is 0 Å². The monoisotopic (exact) mass is 259 g/mol. The van der Waals surface area contributed by atoms with E-state index in [4.69, 9.17) is 0 Å². The summed E-state index contributed by atoms with van der Waals surface area (Å²) >= 11 is 0. The molecule has 19 heavy (non-hydrogen) atoms. The van der Waals surface area contributed by atoms with Crippen LogP contribution in [-0.4, -0.2) is 18.9 Å². The Kier molecular flexibility index (Phi) is 5.00. The lowest BCUT2D eigenvalue weighted by Gasteiger charge is -2.33. The van der Waals surface area contributed by atoms with Crippen LogP contribution in [-0.2, 0) is 0 Å². The van der Waals surface area contributed by atoms with Crippen LogP contribution in [0.1, 0.15) is 56.3 Å². The third-order valence-corrected chi connectivity index (χ3v) is 4.18. The van der Waals surface area contributed by atoms with Crippen LogP contribution in [0.2, 0.25) is 0 Å². The number of nitrogens with zero attached hydrogens (tertiary/aromatic N) is 1. The Morgan fingerprint density at radius 2 is 2.05 bits per heavy atom. The van der Waals surface area contributed by atoms with Crippen molar-refractivity contribution >= 4 is 11.5 Å². The minimum absolute atomic E-state index is 0.299. The molecular weight excluding hydrogens is 234 g/mol. The van der Waals surface area contributed by atoms with E-state index < -0.39 is 0 Å². The number of hydrogen-bond acceptors (Lipinski definition) is 2. The lowest BCUT2D eigenvalue weighted by atomic mass is 9.95. The molecule has 2 nitrogen and oxygen atoms in total. The molecule has 0 radical (unpaired) electrons. The minimum atomic E-state index is 0.299. The number of para-hydroxylation sites is 1. The first-order chi connectivity index (χ1) is 9.26. The number of ketones is 1. The molecule has 1 unspecified atom stereocenters. The maximum absolute atomic E-state index is 11.9. The quantitative estimate of drug-likeness (QED) is 0.759. The largest absolute Gasteiger partial charge is 0.370 e. The van der Waals surface area contributed by atoms with Crippen molar-refractivity contribution in [3.05, 3.63) is 29.8 Å². The van der Waals surface area contributed by atoms with Gasteiger partial charge in [-0.15, -0.1) is 0 Å². The molecule has 0 aliphatic carbocycles. The maximum Gasteiger partial charge on any atom is 0.166 e. The van der Waals surface area contributed by atoms with E-state index in [2.05, 4.69) is 24.8 Å². The lowest BCUT2D eigenvalue weighted by molar-refractivity contribution is 0.0979. The molecule has 104 valence electrons. The molecule has 0 saturated heterocycles. The van der Waals surface area contributed by atoms with Crippen LogP contribution in [0.25, 0.3) is 0 Å². The number of rotatable bonds is 6. The number of carbonyl (C=O) groups excluding carboxylic acids is 1. The molecule has 0 bridgehead atoms. The Balaban J connectivity index is 2.09. The van der Waals surface area contributed by atoms with Gasteiger partial charge < -0.3 is 4.90 Å². The number of anilines is 1. The highest BCUT2D eigenvalue weighted by Gasteiger charge is 2.23. The number of unbranched alkanes of at least 4 members (excludes halogenated alkanes) is 1. The second kappa shape index (κ2) is 6.74. The molecule has 0 aromatic heterocycles. The molecule has 0 spiro atoms. The first-order valence-corrected chi connectivity index (χ1v) is 7.63. The molecule has 0 N–H and O–H groups in total. The molecule has 1 heterocycles. The number of benzene rings is 1. The van der Waals surface area contributed by atoms with E-state index in [0.29, 0.717) is 12.2 Å². The molecule has 1 aromatic carbocycles. The SMILES string of the molecule is CCCCC(CC)CN1CCC(=O)c2ccccc21. The predicted molar refractivity (Wildman–Crippen MR) is 80.9 cm³/mol. The summed E-state index contributed by atoms with van der Waals surface area (Å²) in [5.41, 5.74) is 2.06. The molecule has 1 aromatic rings. The Bertz CT molecular complexity index is 427. The van der Waals surface area contributed by atoms with Crippen LogP contribution >= 0.6 is 0 Å². The molecule has 2 heteroatoms. The van der Waals surface area contributed by atoms with Crippen molar-refractivity contribution in [1.82, 2.24) is 0 Å². The second-order valence-corrected chi connectivity index (χ2v) is 5.55. The topological polar surface area (TPSA) is 20.3 Å². The summed E-state index contributed by atoms with van der Waals surface area (Å²) in [5, 5.41) is 0. The van der Waals surface area contributed by atoms with Gasteiger partial charge in [0.05, 0.1) is 0 Å². The first-order valence-electron chi connectivity index (χ1n) is 7.63. The summed E-state index contributed by atoms with van der Waals surface area (Å²) < 4.78 is 0. The number of fused-ring (bicyclic) bond motifs is 1. The van der Waals surface area contributed by atoms with Gasteiger partial charge in [0, 0.05) is 30.8 Å². The van der Waals surface area contributed by atoms with Crippen molar-refractivity contribution in [2.24, 2.45) is 5.92 Å². The van der Waals surface area contributed by atoms with Gasteiger partial charge in [0.25, 0.3) is 0 Å². The van der Waals surface area contributed by atoms with E-state index in [-0.39, 0.29) is 0 Å². The van der Waals surface area contributed by atoms with E-state index in [0.717, 1.165) is 30.3 Å². The summed E-state index contributed by atoms with van der Waals surface area (Å²) in [6.45, 7) is 6.52. The fourth-order valence-corrected chi connectivity index (χ4v) is 2.90. The third kappa shape index (κ3) is 3.37. The predicted octanol–water partition coefficient (Wildman–Crippen LogP) is 4.30. The van der Waals surface area contributed by atoms with Gasteiger partial charge in [0.2, 0.25) is 0 Å². The normalized spacial score (nSPS) is 16.3. The number of hydrogen-bond donors (Lipinski definition) is 0. The highest BCUT2D eigenvalue weighted by Crippen LogP contribution is 2.28. The molecular formula is C17H25NO. The van der Waals surface area contributed by atoms with Crippen molar-refractivity contribution in [3.8, 4) is 0 Å². The van der Waals surface area contributed by atoms with Gasteiger partial charge in [-0.3, -0.25) is 4.79 Å². The smallest absolute Gasteiger partial charge is 0.166 e. The van der Waals surface area contributed by atoms with Crippen LogP contribution in [0.15, 0.2) is 24.3 Å². The average Bonchev–Trinajstić information content (AvgIpc) is 2.46. The van der Waals surface area contributed by atoms with Crippen molar-refractivity contribution in [3.63, 3.8) is 0 Å². The molecule has 0 amide bonds. The minimum Gasteiger partial charge on any atom is -0.370 e. The Hall–Kier alpha value is -1.31. The molecule has 1 aliphatic rings. The van der Waals surface area contributed by atoms with Gasteiger partial charge in [0.15, 0.2) is 5.78 Å². The van der Waals surface area contributed by atoms with Crippen LogP contribution in [0.3, 0.4) is 0 Å². The van der Waals surface area contributed by atoms with E-state index in [9.17, 15) is 4.79 Å². The lowest BCUT2D eigenvalue weighted by Crippen LogP contribution is -2.35. The summed E-state index contributed by atoms with van der Waals surface area (Å²) in [5.74, 6) is 1.05. The number of Topliss-reactive ketones (excluding diaryl/α,β-unsaturated/α-hetero) is 1. The summed E-state index contributed by atoms with van der Waals surface area (Å²) in [6, 6.07) is 8.07. The third-order valence-electron chi connectivity index (χ3n) is 4.18. The fourth-order valence-electron chi connectivity index (χ4n) is 2.90. The molecule has 1 atom stereocenters. The summed E-state index contributed by atoms with van der Waals surface area (Å²) in [4.78, 5) is 14.3. The van der Waals surface area contributed by atoms with Crippen molar-refractivity contribution < 1.29 is 4.79 Å². The fraction of sp³-hybridized carbons (Fsp3) is 0.588. The van der Waals surface area contributed by atoms with Gasteiger partial charge in [-0.1, -0.05) is 45.2 Å². The first kappa shape index (κ1) is 14.1. The molecule has 1 aliphatic heterocycles. The standard InChI is InChI=1S/C17H25NO/c1-3-5-8-14(4-2)13-18-12-11-17(19)15-9-6-7-10-16(15)18/h6-7,9-10,14H,3-5,8,11-13H2,1-2H3. The Morgan fingerprint density at radius 3 is 2.79 bits per heavy atom. The van der Waals surface area contributed by atoms with E-state index in [1.807, 2.05) is 18.2 Å². The molecule has 2 rings (SSSR count). The Labute approximate surface area is 116 Å². The molecule has 0 fully saturated rings. The number of carbonyl (C=O) groups is 1.